The van der Waals surface area contributed by atoms with E-state index >= 15 is 0 Å². The molecule has 1 aliphatic rings. The topological polar surface area (TPSA) is 76.0 Å². The molecule has 28 heavy (non-hydrogen) atoms. The Balaban J connectivity index is 1.87. The van der Waals surface area contributed by atoms with Crippen molar-refractivity contribution in [2.45, 2.75) is 135 Å². The van der Waals surface area contributed by atoms with Crippen molar-refractivity contribution in [2.24, 2.45) is 0 Å². The van der Waals surface area contributed by atoms with E-state index in [0.717, 1.165) is 12.8 Å². The summed E-state index contributed by atoms with van der Waals surface area (Å²) in [4.78, 5) is 11.9. The van der Waals surface area contributed by atoms with E-state index in [1.807, 2.05) is 0 Å². The molecule has 1 rings (SSSR count). The van der Waals surface area contributed by atoms with Crippen molar-refractivity contribution < 1.29 is 24.5 Å². The Hall–Kier alpha value is -0.650. The Labute approximate surface area is 172 Å². The van der Waals surface area contributed by atoms with Gasteiger partial charge in [0.1, 0.15) is 6.10 Å². The van der Waals surface area contributed by atoms with Crippen LogP contribution in [0.15, 0.2) is 0 Å². The van der Waals surface area contributed by atoms with Gasteiger partial charge in [0.15, 0.2) is 0 Å². The highest BCUT2D eigenvalue weighted by atomic mass is 16.7. The van der Waals surface area contributed by atoms with E-state index in [2.05, 4.69) is 6.92 Å². The maximum absolute atomic E-state index is 11.9. The van der Waals surface area contributed by atoms with Crippen molar-refractivity contribution >= 4 is 5.97 Å². The summed E-state index contributed by atoms with van der Waals surface area (Å²) in [5.41, 5.74) is 0. The van der Waals surface area contributed by atoms with Gasteiger partial charge in [-0.15, -0.1) is 0 Å². The monoisotopic (exact) mass is 400 g/mol. The molecule has 0 radical (unpaired) electrons. The van der Waals surface area contributed by atoms with Crippen molar-refractivity contribution in [3.8, 4) is 0 Å². The molecule has 2 N–H and O–H groups in total. The van der Waals surface area contributed by atoms with Crippen LogP contribution >= 0.6 is 0 Å². The molecule has 0 aromatic rings. The highest BCUT2D eigenvalue weighted by Crippen LogP contribution is 2.21. The number of aliphatic hydroxyl groups excluding tert-OH is 2. The average molecular weight is 401 g/mol. The fourth-order valence-corrected chi connectivity index (χ4v) is 3.73. The van der Waals surface area contributed by atoms with Gasteiger partial charge in [-0.3, -0.25) is 4.79 Å². The summed E-state index contributed by atoms with van der Waals surface area (Å²) in [5, 5.41) is 19.0. The minimum Gasteiger partial charge on any atom is -0.433 e. The summed E-state index contributed by atoms with van der Waals surface area (Å²) in [6.07, 6.45) is 17.3. The molecule has 3 atom stereocenters. The van der Waals surface area contributed by atoms with Crippen LogP contribution in [0, 0.1) is 0 Å². The molecule has 3 unspecified atom stereocenters. The minimum atomic E-state index is -0.926. The first-order chi connectivity index (χ1) is 13.7. The zero-order chi connectivity index (χ0) is 20.5. The van der Waals surface area contributed by atoms with Gasteiger partial charge in [-0.05, 0) is 19.3 Å². The van der Waals surface area contributed by atoms with Gasteiger partial charge >= 0.3 is 5.97 Å². The Morgan fingerprint density at radius 2 is 1.36 bits per heavy atom. The molecular weight excluding hydrogens is 356 g/mol. The van der Waals surface area contributed by atoms with Gasteiger partial charge in [0.05, 0.1) is 12.7 Å². The molecule has 0 aromatic heterocycles. The Kier molecular flexibility index (Phi) is 15.6. The lowest BCUT2D eigenvalue weighted by molar-refractivity contribution is -0.240. The third-order valence-corrected chi connectivity index (χ3v) is 5.61. The van der Waals surface area contributed by atoms with Crippen LogP contribution in [0.4, 0.5) is 0 Å². The first kappa shape index (κ1) is 25.4. The lowest BCUT2D eigenvalue weighted by atomic mass is 10.0. The highest BCUT2D eigenvalue weighted by Gasteiger charge is 2.32. The quantitative estimate of drug-likeness (QED) is 0.257. The van der Waals surface area contributed by atoms with Crippen LogP contribution in [0.2, 0.25) is 0 Å². The SMILES string of the molecule is CCCCCCCCCCCCCCCCC(=O)OC1OC(CO)CCC1O. The van der Waals surface area contributed by atoms with Crippen molar-refractivity contribution in [3.63, 3.8) is 0 Å². The summed E-state index contributed by atoms with van der Waals surface area (Å²) >= 11 is 0. The van der Waals surface area contributed by atoms with Gasteiger partial charge in [-0.1, -0.05) is 90.4 Å². The number of carbonyl (C=O) groups excluding carboxylic acids is 1. The van der Waals surface area contributed by atoms with Gasteiger partial charge in [-0.25, -0.2) is 0 Å². The lowest BCUT2D eigenvalue weighted by Gasteiger charge is -2.32. The average Bonchev–Trinajstić information content (AvgIpc) is 2.70. The molecule has 0 saturated carbocycles. The lowest BCUT2D eigenvalue weighted by Crippen LogP contribution is -2.42. The van der Waals surface area contributed by atoms with Crippen LogP contribution in [0.1, 0.15) is 116 Å². The van der Waals surface area contributed by atoms with Crippen molar-refractivity contribution in [2.75, 3.05) is 6.61 Å². The number of unbranched alkanes of at least 4 members (excludes halogenated alkanes) is 13. The molecule has 0 aromatic carbocycles. The molecule has 0 bridgehead atoms. The molecule has 166 valence electrons. The number of rotatable bonds is 17. The molecule has 1 saturated heterocycles. The summed E-state index contributed by atoms with van der Waals surface area (Å²) in [7, 11) is 0. The molecule has 1 heterocycles. The number of hydrogen-bond acceptors (Lipinski definition) is 5. The van der Waals surface area contributed by atoms with Gasteiger partial charge < -0.3 is 19.7 Å². The first-order valence-electron chi connectivity index (χ1n) is 11.8. The van der Waals surface area contributed by atoms with E-state index in [1.165, 1.54) is 77.0 Å². The van der Waals surface area contributed by atoms with Crippen molar-refractivity contribution in [1.29, 1.82) is 0 Å². The number of aliphatic hydroxyl groups is 2. The number of esters is 1. The van der Waals surface area contributed by atoms with E-state index in [-0.39, 0.29) is 18.7 Å². The van der Waals surface area contributed by atoms with Crippen LogP contribution in [0.25, 0.3) is 0 Å². The zero-order valence-corrected chi connectivity index (χ0v) is 18.1. The summed E-state index contributed by atoms with van der Waals surface area (Å²) in [5.74, 6) is -0.318. The van der Waals surface area contributed by atoms with E-state index in [1.54, 1.807) is 0 Å². The molecule has 1 aliphatic heterocycles. The fraction of sp³-hybridized carbons (Fsp3) is 0.957. The molecule has 0 amide bonds. The largest absolute Gasteiger partial charge is 0.433 e. The standard InChI is InChI=1S/C23H44O5/c1-2-3-4-5-6-7-8-9-10-11-12-13-14-15-16-22(26)28-23-21(25)18-17-20(19-24)27-23/h20-21,23-25H,2-19H2,1H3. The van der Waals surface area contributed by atoms with Crippen molar-refractivity contribution in [3.05, 3.63) is 0 Å². The van der Waals surface area contributed by atoms with Gasteiger partial charge in [0, 0.05) is 6.42 Å². The van der Waals surface area contributed by atoms with E-state index in [0.29, 0.717) is 19.3 Å². The van der Waals surface area contributed by atoms with Crippen LogP contribution in [-0.2, 0) is 14.3 Å². The van der Waals surface area contributed by atoms with Crippen LogP contribution in [0.3, 0.4) is 0 Å². The van der Waals surface area contributed by atoms with E-state index < -0.39 is 12.4 Å². The maximum atomic E-state index is 11.9. The Bertz CT molecular complexity index is 374. The fourth-order valence-electron chi connectivity index (χ4n) is 3.73. The molecular formula is C23H44O5. The summed E-state index contributed by atoms with van der Waals surface area (Å²) in [6, 6.07) is 0. The van der Waals surface area contributed by atoms with E-state index in [9.17, 15) is 9.90 Å². The second-order valence-electron chi connectivity index (χ2n) is 8.29. The van der Waals surface area contributed by atoms with Crippen LogP contribution in [0.5, 0.6) is 0 Å². The second kappa shape index (κ2) is 17.2. The normalized spacial score (nSPS) is 22.3. The molecule has 5 heteroatoms. The zero-order valence-electron chi connectivity index (χ0n) is 18.1. The smallest absolute Gasteiger partial charge is 0.308 e. The summed E-state index contributed by atoms with van der Waals surface area (Å²) < 4.78 is 10.6. The molecule has 0 aliphatic carbocycles. The molecule has 0 spiro atoms. The molecule has 5 nitrogen and oxygen atoms in total. The Morgan fingerprint density at radius 3 is 1.86 bits per heavy atom. The number of carbonyl (C=O) groups is 1. The summed E-state index contributed by atoms with van der Waals surface area (Å²) in [6.45, 7) is 2.15. The number of ether oxygens (including phenoxy) is 2. The number of hydrogen-bond donors (Lipinski definition) is 2. The second-order valence-corrected chi connectivity index (χ2v) is 8.29. The maximum Gasteiger partial charge on any atom is 0.308 e. The minimum absolute atomic E-state index is 0.111. The van der Waals surface area contributed by atoms with Gasteiger partial charge in [-0.2, -0.15) is 0 Å². The predicted octanol–water partition coefficient (Wildman–Crippen LogP) is 5.26. The van der Waals surface area contributed by atoms with Gasteiger partial charge in [0.2, 0.25) is 6.29 Å². The van der Waals surface area contributed by atoms with Crippen LogP contribution in [-0.4, -0.2) is 41.3 Å². The van der Waals surface area contributed by atoms with Gasteiger partial charge in [0.25, 0.3) is 0 Å². The Morgan fingerprint density at radius 1 is 0.857 bits per heavy atom. The predicted molar refractivity (Wildman–Crippen MR) is 112 cm³/mol. The molecule has 1 fully saturated rings. The third kappa shape index (κ3) is 12.7. The highest BCUT2D eigenvalue weighted by molar-refractivity contribution is 5.69. The third-order valence-electron chi connectivity index (χ3n) is 5.61. The van der Waals surface area contributed by atoms with E-state index in [4.69, 9.17) is 14.6 Å². The van der Waals surface area contributed by atoms with Crippen LogP contribution < -0.4 is 0 Å². The first-order valence-corrected chi connectivity index (χ1v) is 11.8. The van der Waals surface area contributed by atoms with Crippen molar-refractivity contribution in [1.82, 2.24) is 0 Å².